The largest absolute Gasteiger partial charge is 0.458 e. The minimum absolute atomic E-state index is 0.0147. The van der Waals surface area contributed by atoms with E-state index in [1.807, 2.05) is 4.90 Å². The smallest absolute Gasteiger partial charge is 0.329 e. The van der Waals surface area contributed by atoms with Gasteiger partial charge in [-0.25, -0.2) is 4.79 Å². The topological polar surface area (TPSA) is 113 Å². The van der Waals surface area contributed by atoms with E-state index in [9.17, 15) is 24.5 Å². The van der Waals surface area contributed by atoms with Gasteiger partial charge in [0.1, 0.15) is 11.6 Å². The zero-order valence-electron chi connectivity index (χ0n) is 22.8. The van der Waals surface area contributed by atoms with Crippen LogP contribution in [0.2, 0.25) is 5.02 Å². The minimum Gasteiger partial charge on any atom is -0.458 e. The molecule has 0 unspecified atom stereocenters. The first-order chi connectivity index (χ1) is 18.9. The molecule has 2 aromatic carbocycles. The van der Waals surface area contributed by atoms with Crippen molar-refractivity contribution in [1.82, 2.24) is 4.90 Å². The third kappa shape index (κ3) is 7.26. The highest BCUT2D eigenvalue weighted by Crippen LogP contribution is 2.34. The summed E-state index contributed by atoms with van der Waals surface area (Å²) in [5.74, 6) is -2.36. The Kier molecular flexibility index (Phi) is 9.70. The number of piperazine rings is 1. The summed E-state index contributed by atoms with van der Waals surface area (Å²) >= 11 is 6.29. The maximum atomic E-state index is 13.5. The first kappa shape index (κ1) is 30.4. The first-order valence-electron chi connectivity index (χ1n) is 12.7. The average Bonchev–Trinajstić information content (AvgIpc) is 2.88. The van der Waals surface area contributed by atoms with Crippen LogP contribution in [0.5, 0.6) is 0 Å². The number of non-ortho nitro benzene ring substituents is 1. The predicted octanol–water partition coefficient (Wildman–Crippen LogP) is 4.55. The Bertz CT molecular complexity index is 1290. The molecule has 0 bridgehead atoms. The molecule has 2 amide bonds. The number of benzene rings is 2. The third-order valence-corrected chi connectivity index (χ3v) is 6.39. The molecule has 0 aromatic heterocycles. The summed E-state index contributed by atoms with van der Waals surface area (Å²) in [5.41, 5.74) is 0.768. The molecular formula is C29H33ClN4O6. The van der Waals surface area contributed by atoms with Gasteiger partial charge in [-0.05, 0) is 44.5 Å². The minimum atomic E-state index is -1.11. The van der Waals surface area contributed by atoms with Crippen molar-refractivity contribution in [3.8, 4) is 0 Å². The first-order valence-corrected chi connectivity index (χ1v) is 13.1. The summed E-state index contributed by atoms with van der Waals surface area (Å²) in [6.45, 7) is 13.8. The van der Waals surface area contributed by atoms with Gasteiger partial charge in [0.05, 0.1) is 16.3 Å². The van der Waals surface area contributed by atoms with E-state index in [1.165, 1.54) is 34.1 Å². The summed E-state index contributed by atoms with van der Waals surface area (Å²) < 4.78 is 5.59. The Labute approximate surface area is 238 Å². The molecular weight excluding hydrogens is 536 g/mol. The summed E-state index contributed by atoms with van der Waals surface area (Å²) in [6, 6.07) is 9.66. The predicted molar refractivity (Wildman–Crippen MR) is 155 cm³/mol. The molecule has 0 N–H and O–H groups in total. The molecule has 0 radical (unpaired) electrons. The van der Waals surface area contributed by atoms with Gasteiger partial charge in [0.15, 0.2) is 0 Å². The quantitative estimate of drug-likeness (QED) is 0.128. The second kappa shape index (κ2) is 12.8. The number of hydrogen-bond acceptors (Lipinski definition) is 7. The number of halogens is 1. The molecule has 10 nitrogen and oxygen atoms in total. The molecule has 11 heteroatoms. The maximum absolute atomic E-state index is 13.5. The molecule has 3 rings (SSSR count). The number of carbonyl (C=O) groups excluding carboxylic acids is 3. The number of nitrogens with zero attached hydrogens (tertiary/aromatic N) is 4. The van der Waals surface area contributed by atoms with Gasteiger partial charge < -0.3 is 19.4 Å². The fourth-order valence-electron chi connectivity index (χ4n) is 4.41. The lowest BCUT2D eigenvalue weighted by atomic mass is 10.0. The lowest BCUT2D eigenvalue weighted by molar-refractivity contribution is -0.384. The molecule has 1 heterocycles. The van der Waals surface area contributed by atoms with Crippen molar-refractivity contribution in [1.29, 1.82) is 0 Å². The van der Waals surface area contributed by atoms with Gasteiger partial charge in [-0.3, -0.25) is 19.7 Å². The Balaban J connectivity index is 1.94. The SMILES string of the molecule is C=CCN(CC=C)c1ccc(Cl)cc1N1CCN([C@@H](Cc2ccc([N+](=O)[O-])cc2)C(=O)OC(C)(C)C)C(=O)C1=O. The number of nitro groups is 1. The molecule has 0 aliphatic carbocycles. The van der Waals surface area contributed by atoms with E-state index in [1.54, 1.807) is 51.1 Å². The van der Waals surface area contributed by atoms with Gasteiger partial charge in [0, 0.05) is 49.8 Å². The van der Waals surface area contributed by atoms with Crippen LogP contribution >= 0.6 is 11.6 Å². The standard InChI is InChI=1S/C29H33ClN4O6/c1-6-14-31(15-7-2)23-13-10-21(30)19-24(23)32-16-17-33(27(36)26(32)35)25(28(37)40-29(3,4)5)18-20-8-11-22(12-9-20)34(38)39/h6-13,19,25H,1-2,14-18H2,3-5H3/t25-/m0/s1. The molecule has 2 aromatic rings. The van der Waals surface area contributed by atoms with Crippen molar-refractivity contribution in [3.05, 3.63) is 88.5 Å². The summed E-state index contributed by atoms with van der Waals surface area (Å²) in [7, 11) is 0. The van der Waals surface area contributed by atoms with Crippen molar-refractivity contribution in [2.45, 2.75) is 38.8 Å². The van der Waals surface area contributed by atoms with Crippen LogP contribution in [0.1, 0.15) is 26.3 Å². The second-order valence-corrected chi connectivity index (χ2v) is 10.7. The van der Waals surface area contributed by atoms with Crippen molar-refractivity contribution >= 4 is 46.4 Å². The van der Waals surface area contributed by atoms with Gasteiger partial charge in [-0.2, -0.15) is 0 Å². The van der Waals surface area contributed by atoms with Crippen molar-refractivity contribution in [2.75, 3.05) is 36.0 Å². The number of carbonyl (C=O) groups is 3. The highest BCUT2D eigenvalue weighted by molar-refractivity contribution is 6.41. The van der Waals surface area contributed by atoms with Crippen molar-refractivity contribution in [3.63, 3.8) is 0 Å². The van der Waals surface area contributed by atoms with Gasteiger partial charge in [-0.1, -0.05) is 35.9 Å². The number of rotatable bonds is 11. The highest BCUT2D eigenvalue weighted by Gasteiger charge is 2.42. The van der Waals surface area contributed by atoms with E-state index in [4.69, 9.17) is 16.3 Å². The van der Waals surface area contributed by atoms with Crippen molar-refractivity contribution < 1.29 is 24.0 Å². The van der Waals surface area contributed by atoms with E-state index in [2.05, 4.69) is 13.2 Å². The molecule has 1 fully saturated rings. The molecule has 0 saturated carbocycles. The summed E-state index contributed by atoms with van der Waals surface area (Å²) in [6.07, 6.45) is 3.45. The van der Waals surface area contributed by atoms with Crippen LogP contribution in [-0.2, 0) is 25.5 Å². The maximum Gasteiger partial charge on any atom is 0.329 e. The second-order valence-electron chi connectivity index (χ2n) is 10.2. The van der Waals surface area contributed by atoms with E-state index < -0.39 is 34.3 Å². The van der Waals surface area contributed by atoms with Crippen LogP contribution in [0.4, 0.5) is 17.1 Å². The zero-order valence-corrected chi connectivity index (χ0v) is 23.6. The zero-order chi connectivity index (χ0) is 29.6. The van der Waals surface area contributed by atoms with Crippen LogP contribution in [0.25, 0.3) is 0 Å². The van der Waals surface area contributed by atoms with E-state index in [-0.39, 0.29) is 25.2 Å². The van der Waals surface area contributed by atoms with Crippen molar-refractivity contribution in [2.24, 2.45) is 0 Å². The van der Waals surface area contributed by atoms with E-state index in [0.717, 1.165) is 0 Å². The van der Waals surface area contributed by atoms with Gasteiger partial charge in [0.25, 0.3) is 5.69 Å². The molecule has 0 spiro atoms. The number of ether oxygens (including phenoxy) is 1. The van der Waals surface area contributed by atoms with Gasteiger partial charge >= 0.3 is 17.8 Å². The lowest BCUT2D eigenvalue weighted by Crippen LogP contribution is -2.60. The number of amides is 2. The Morgan fingerprint density at radius 1 is 1.10 bits per heavy atom. The molecule has 212 valence electrons. The monoisotopic (exact) mass is 568 g/mol. The van der Waals surface area contributed by atoms with E-state index in [0.29, 0.717) is 35.1 Å². The number of esters is 1. The Morgan fingerprint density at radius 3 is 2.27 bits per heavy atom. The van der Waals surface area contributed by atoms with Crippen LogP contribution in [0, 0.1) is 10.1 Å². The lowest BCUT2D eigenvalue weighted by Gasteiger charge is -2.39. The van der Waals surface area contributed by atoms with Gasteiger partial charge in [0.2, 0.25) is 0 Å². The number of hydrogen-bond donors (Lipinski definition) is 0. The van der Waals surface area contributed by atoms with Crippen LogP contribution < -0.4 is 9.80 Å². The molecule has 40 heavy (non-hydrogen) atoms. The number of anilines is 2. The van der Waals surface area contributed by atoms with Crippen LogP contribution in [0.3, 0.4) is 0 Å². The fraction of sp³-hybridized carbons (Fsp3) is 0.345. The molecule has 1 aliphatic heterocycles. The Morgan fingerprint density at radius 2 is 1.73 bits per heavy atom. The number of nitro benzene ring substituents is 1. The van der Waals surface area contributed by atoms with Crippen LogP contribution in [0.15, 0.2) is 67.8 Å². The highest BCUT2D eigenvalue weighted by atomic mass is 35.5. The molecule has 1 saturated heterocycles. The average molecular weight is 569 g/mol. The third-order valence-electron chi connectivity index (χ3n) is 6.15. The van der Waals surface area contributed by atoms with Gasteiger partial charge in [-0.15, -0.1) is 13.2 Å². The molecule has 1 aliphatic rings. The summed E-state index contributed by atoms with van der Waals surface area (Å²) in [4.78, 5) is 55.4. The summed E-state index contributed by atoms with van der Waals surface area (Å²) in [5, 5.41) is 11.4. The van der Waals surface area contributed by atoms with E-state index >= 15 is 0 Å². The fourth-order valence-corrected chi connectivity index (χ4v) is 4.57. The normalized spacial score (nSPS) is 14.5. The van der Waals surface area contributed by atoms with Crippen LogP contribution in [-0.4, -0.2) is 65.4 Å². The Hall–Kier alpha value is -4.18. The molecule has 1 atom stereocenters.